The second kappa shape index (κ2) is 3.95. The standard InChI is InChI=1S/C12H13BrOS/c1-12(2)10(7-11(14)15-12)8-3-5-9(13)6-4-8/h3-6,10H,7H2,1-2H3. The maximum absolute atomic E-state index is 11.5. The molecule has 1 heterocycles. The summed E-state index contributed by atoms with van der Waals surface area (Å²) in [4.78, 5) is 11.5. The van der Waals surface area contributed by atoms with Crippen molar-refractivity contribution in [1.82, 2.24) is 0 Å². The molecule has 0 saturated carbocycles. The third-order valence-corrected chi connectivity index (χ3v) is 4.59. The van der Waals surface area contributed by atoms with E-state index in [1.807, 2.05) is 12.1 Å². The van der Waals surface area contributed by atoms with E-state index in [4.69, 9.17) is 0 Å². The zero-order chi connectivity index (χ0) is 11.1. The lowest BCUT2D eigenvalue weighted by atomic mass is 9.86. The van der Waals surface area contributed by atoms with Crippen molar-refractivity contribution < 1.29 is 4.79 Å². The second-order valence-corrected chi connectivity index (χ2v) is 7.01. The van der Waals surface area contributed by atoms with Gasteiger partial charge in [-0.25, -0.2) is 0 Å². The predicted octanol–water partition coefficient (Wildman–Crippen LogP) is 3.97. The van der Waals surface area contributed by atoms with Crippen molar-refractivity contribution in [3.8, 4) is 0 Å². The van der Waals surface area contributed by atoms with Crippen LogP contribution in [0, 0.1) is 0 Å². The van der Waals surface area contributed by atoms with Gasteiger partial charge in [0.05, 0.1) is 0 Å². The van der Waals surface area contributed by atoms with Gasteiger partial charge in [-0.2, -0.15) is 0 Å². The van der Waals surface area contributed by atoms with Gasteiger partial charge >= 0.3 is 0 Å². The summed E-state index contributed by atoms with van der Waals surface area (Å²) in [5.41, 5.74) is 1.27. The number of carbonyl (C=O) groups is 1. The predicted molar refractivity (Wildman–Crippen MR) is 68.2 cm³/mol. The fourth-order valence-electron chi connectivity index (χ4n) is 2.03. The highest BCUT2D eigenvalue weighted by Gasteiger charge is 2.41. The van der Waals surface area contributed by atoms with Crippen molar-refractivity contribution in [3.63, 3.8) is 0 Å². The van der Waals surface area contributed by atoms with Crippen molar-refractivity contribution >= 4 is 32.8 Å². The molecule has 0 N–H and O–H groups in total. The van der Waals surface area contributed by atoms with Gasteiger partial charge in [-0.05, 0) is 31.5 Å². The van der Waals surface area contributed by atoms with E-state index < -0.39 is 0 Å². The molecule has 1 unspecified atom stereocenters. The number of halogens is 1. The molecule has 1 fully saturated rings. The smallest absolute Gasteiger partial charge is 0.190 e. The summed E-state index contributed by atoms with van der Waals surface area (Å²) in [6, 6.07) is 8.29. The highest BCUT2D eigenvalue weighted by molar-refractivity contribution is 9.10. The third-order valence-electron chi connectivity index (χ3n) is 2.86. The van der Waals surface area contributed by atoms with Crippen molar-refractivity contribution in [1.29, 1.82) is 0 Å². The van der Waals surface area contributed by atoms with Gasteiger partial charge in [0.15, 0.2) is 5.12 Å². The van der Waals surface area contributed by atoms with E-state index in [0.29, 0.717) is 17.5 Å². The Balaban J connectivity index is 2.31. The van der Waals surface area contributed by atoms with E-state index in [-0.39, 0.29) is 4.75 Å². The van der Waals surface area contributed by atoms with Crippen LogP contribution in [0.1, 0.15) is 31.7 Å². The molecule has 3 heteroatoms. The summed E-state index contributed by atoms with van der Waals surface area (Å²) in [5, 5.41) is 0.313. The average Bonchev–Trinajstić information content (AvgIpc) is 2.41. The molecule has 1 aromatic rings. The Hall–Kier alpha value is -0.280. The van der Waals surface area contributed by atoms with Gasteiger partial charge < -0.3 is 0 Å². The molecule has 15 heavy (non-hydrogen) atoms. The zero-order valence-electron chi connectivity index (χ0n) is 8.79. The Morgan fingerprint density at radius 1 is 1.33 bits per heavy atom. The summed E-state index contributed by atoms with van der Waals surface area (Å²) >= 11 is 4.90. The molecule has 1 aromatic carbocycles. The van der Waals surface area contributed by atoms with Crippen LogP contribution in [0.25, 0.3) is 0 Å². The highest BCUT2D eigenvalue weighted by Crippen LogP contribution is 2.49. The van der Waals surface area contributed by atoms with E-state index >= 15 is 0 Å². The monoisotopic (exact) mass is 284 g/mol. The lowest BCUT2D eigenvalue weighted by molar-refractivity contribution is -0.110. The molecule has 1 aliphatic heterocycles. The van der Waals surface area contributed by atoms with Crippen molar-refractivity contribution in [3.05, 3.63) is 34.3 Å². The van der Waals surface area contributed by atoms with Gasteiger partial charge in [-0.1, -0.05) is 39.8 Å². The summed E-state index contributed by atoms with van der Waals surface area (Å²) in [7, 11) is 0. The van der Waals surface area contributed by atoms with Crippen molar-refractivity contribution in [2.45, 2.75) is 30.9 Å². The topological polar surface area (TPSA) is 17.1 Å². The van der Waals surface area contributed by atoms with Gasteiger partial charge in [-0.15, -0.1) is 0 Å². The van der Waals surface area contributed by atoms with Gasteiger partial charge in [-0.3, -0.25) is 4.79 Å². The van der Waals surface area contributed by atoms with Crippen LogP contribution in [0.15, 0.2) is 28.7 Å². The maximum Gasteiger partial charge on any atom is 0.190 e. The Labute approximate surface area is 103 Å². The van der Waals surface area contributed by atoms with Crippen molar-refractivity contribution in [2.75, 3.05) is 0 Å². The lowest BCUT2D eigenvalue weighted by Crippen LogP contribution is -2.19. The van der Waals surface area contributed by atoms with E-state index in [9.17, 15) is 4.79 Å². The first-order valence-electron chi connectivity index (χ1n) is 4.96. The lowest BCUT2D eigenvalue weighted by Gasteiger charge is -2.25. The number of thioether (sulfide) groups is 1. The van der Waals surface area contributed by atoms with Crippen LogP contribution in [0.5, 0.6) is 0 Å². The third kappa shape index (κ3) is 2.28. The fraction of sp³-hybridized carbons (Fsp3) is 0.417. The van der Waals surface area contributed by atoms with Crippen LogP contribution in [0.4, 0.5) is 0 Å². The first kappa shape index (κ1) is 11.2. The summed E-state index contributed by atoms with van der Waals surface area (Å²) in [5.74, 6) is 0.350. The van der Waals surface area contributed by atoms with E-state index in [1.54, 1.807) is 0 Å². The average molecular weight is 285 g/mol. The van der Waals surface area contributed by atoms with Crippen LogP contribution >= 0.6 is 27.7 Å². The molecule has 1 atom stereocenters. The number of benzene rings is 1. The molecule has 1 saturated heterocycles. The van der Waals surface area contributed by atoms with Gasteiger partial charge in [0.1, 0.15) is 0 Å². The van der Waals surface area contributed by atoms with E-state index in [1.165, 1.54) is 17.3 Å². The van der Waals surface area contributed by atoms with Gasteiger partial charge in [0.25, 0.3) is 0 Å². The van der Waals surface area contributed by atoms with Gasteiger partial charge in [0, 0.05) is 21.6 Å². The molecule has 0 amide bonds. The minimum absolute atomic E-state index is 0.0327. The largest absolute Gasteiger partial charge is 0.287 e. The molecule has 80 valence electrons. The Kier molecular flexibility index (Phi) is 2.95. The minimum Gasteiger partial charge on any atom is -0.287 e. The molecule has 0 bridgehead atoms. The minimum atomic E-state index is 0.0327. The summed E-state index contributed by atoms with van der Waals surface area (Å²) < 4.78 is 1.12. The van der Waals surface area contributed by atoms with Crippen LogP contribution in [-0.2, 0) is 4.79 Å². The fourth-order valence-corrected chi connectivity index (χ4v) is 3.50. The number of hydrogen-bond acceptors (Lipinski definition) is 2. The van der Waals surface area contributed by atoms with Crippen LogP contribution < -0.4 is 0 Å². The molecular weight excluding hydrogens is 272 g/mol. The Morgan fingerprint density at radius 3 is 2.40 bits per heavy atom. The summed E-state index contributed by atoms with van der Waals surface area (Å²) in [6.07, 6.45) is 0.666. The first-order chi connectivity index (χ1) is 6.99. The summed E-state index contributed by atoms with van der Waals surface area (Å²) in [6.45, 7) is 4.30. The molecule has 1 nitrogen and oxygen atoms in total. The molecule has 2 rings (SSSR count). The van der Waals surface area contributed by atoms with E-state index in [0.717, 1.165) is 4.47 Å². The quantitative estimate of drug-likeness (QED) is 0.776. The molecule has 0 radical (unpaired) electrons. The Morgan fingerprint density at radius 2 is 1.93 bits per heavy atom. The molecule has 0 aliphatic carbocycles. The van der Waals surface area contributed by atoms with Crippen LogP contribution in [0.2, 0.25) is 0 Å². The normalized spacial score (nSPS) is 24.5. The molecule has 1 aliphatic rings. The van der Waals surface area contributed by atoms with Crippen molar-refractivity contribution in [2.24, 2.45) is 0 Å². The molecular formula is C12H13BrOS. The SMILES string of the molecule is CC1(C)SC(=O)CC1c1ccc(Br)cc1. The van der Waals surface area contributed by atoms with E-state index in [2.05, 4.69) is 41.9 Å². The van der Waals surface area contributed by atoms with Crippen LogP contribution in [-0.4, -0.2) is 9.86 Å². The highest BCUT2D eigenvalue weighted by atomic mass is 79.9. The molecule has 0 aromatic heterocycles. The number of hydrogen-bond donors (Lipinski definition) is 0. The zero-order valence-corrected chi connectivity index (χ0v) is 11.2. The Bertz CT molecular complexity index is 383. The van der Waals surface area contributed by atoms with Gasteiger partial charge in [0.2, 0.25) is 0 Å². The second-order valence-electron chi connectivity index (χ2n) is 4.39. The molecule has 0 spiro atoms. The maximum atomic E-state index is 11.5. The van der Waals surface area contributed by atoms with Crippen LogP contribution in [0.3, 0.4) is 0 Å². The first-order valence-corrected chi connectivity index (χ1v) is 6.57. The number of carbonyl (C=O) groups excluding carboxylic acids is 1. The number of rotatable bonds is 1.